The van der Waals surface area contributed by atoms with Gasteiger partial charge in [-0.3, -0.25) is 4.79 Å². The zero-order chi connectivity index (χ0) is 11.0. The summed E-state index contributed by atoms with van der Waals surface area (Å²) in [6, 6.07) is -0.416. The Morgan fingerprint density at radius 2 is 2.14 bits per heavy atom. The van der Waals surface area contributed by atoms with E-state index < -0.39 is 6.04 Å². The van der Waals surface area contributed by atoms with E-state index in [0.29, 0.717) is 19.5 Å². The van der Waals surface area contributed by atoms with Gasteiger partial charge >= 0.3 is 0 Å². The highest BCUT2D eigenvalue weighted by molar-refractivity contribution is 5.81. The first kappa shape index (κ1) is 13.1. The van der Waals surface area contributed by atoms with Crippen LogP contribution in [0.2, 0.25) is 0 Å². The summed E-state index contributed by atoms with van der Waals surface area (Å²) in [5, 5.41) is 2.71. The number of carbonyl (C=O) groups excluding carboxylic acids is 1. The van der Waals surface area contributed by atoms with Crippen LogP contribution in [0.3, 0.4) is 0 Å². The van der Waals surface area contributed by atoms with Crippen molar-refractivity contribution in [3.63, 3.8) is 0 Å². The number of hydrogen-bond donors (Lipinski definition) is 3. The number of unbranched alkanes of at least 4 members (excludes halogenated alkanes) is 1. The minimum Gasteiger partial charge on any atom is -0.351 e. The van der Waals surface area contributed by atoms with Crippen LogP contribution in [0.5, 0.6) is 0 Å². The van der Waals surface area contributed by atoms with Gasteiger partial charge in [0.1, 0.15) is 0 Å². The lowest BCUT2D eigenvalue weighted by Crippen LogP contribution is -2.41. The van der Waals surface area contributed by atoms with Crippen LogP contribution in [0.4, 0.5) is 0 Å². The normalized spacial score (nSPS) is 12.2. The van der Waals surface area contributed by atoms with E-state index in [9.17, 15) is 4.79 Å². The molecule has 0 radical (unpaired) electrons. The summed E-state index contributed by atoms with van der Waals surface area (Å²) in [5.74, 6) is -0.106. The maximum absolute atomic E-state index is 11.3. The second kappa shape index (κ2) is 7.53. The molecular formula is C10H21N3O. The quantitative estimate of drug-likeness (QED) is 0.403. The Labute approximate surface area is 85.7 Å². The molecule has 0 rings (SSSR count). The maximum Gasteiger partial charge on any atom is 0.237 e. The molecule has 0 heterocycles. The van der Waals surface area contributed by atoms with Crippen molar-refractivity contribution < 1.29 is 4.79 Å². The van der Waals surface area contributed by atoms with Gasteiger partial charge in [0.2, 0.25) is 5.91 Å². The van der Waals surface area contributed by atoms with Gasteiger partial charge in [-0.1, -0.05) is 18.6 Å². The van der Waals surface area contributed by atoms with E-state index in [0.717, 1.165) is 18.4 Å². The van der Waals surface area contributed by atoms with Crippen LogP contribution in [0.15, 0.2) is 12.2 Å². The van der Waals surface area contributed by atoms with Crippen molar-refractivity contribution in [2.24, 2.45) is 11.5 Å². The Hall–Kier alpha value is -0.870. The highest BCUT2D eigenvalue weighted by Crippen LogP contribution is 1.98. The minimum atomic E-state index is -0.416. The Bertz CT molecular complexity index is 192. The SMILES string of the molecule is C=C(C)CNC(=O)[C@@H](N)CCCCN. The first-order valence-corrected chi connectivity index (χ1v) is 4.95. The lowest BCUT2D eigenvalue weighted by Gasteiger charge is -2.11. The van der Waals surface area contributed by atoms with Crippen molar-refractivity contribution in [2.75, 3.05) is 13.1 Å². The Morgan fingerprint density at radius 3 is 2.64 bits per heavy atom. The molecule has 4 nitrogen and oxygen atoms in total. The van der Waals surface area contributed by atoms with Crippen molar-refractivity contribution in [1.82, 2.24) is 5.32 Å². The number of nitrogens with two attached hydrogens (primary N) is 2. The van der Waals surface area contributed by atoms with Crippen LogP contribution < -0.4 is 16.8 Å². The molecule has 0 spiro atoms. The predicted octanol–water partition coefficient (Wildman–Crippen LogP) is 0.135. The van der Waals surface area contributed by atoms with Gasteiger partial charge in [0.15, 0.2) is 0 Å². The molecule has 5 N–H and O–H groups in total. The maximum atomic E-state index is 11.3. The monoisotopic (exact) mass is 199 g/mol. The molecule has 0 aliphatic rings. The number of nitrogens with one attached hydrogen (secondary N) is 1. The second-order valence-corrected chi connectivity index (χ2v) is 3.57. The number of amides is 1. The van der Waals surface area contributed by atoms with Gasteiger partial charge in [0.05, 0.1) is 6.04 Å². The molecule has 0 bridgehead atoms. The molecule has 4 heteroatoms. The third-order valence-corrected chi connectivity index (χ3v) is 1.87. The topological polar surface area (TPSA) is 81.1 Å². The molecule has 1 amide bonds. The van der Waals surface area contributed by atoms with Crippen molar-refractivity contribution in [3.05, 3.63) is 12.2 Å². The third kappa shape index (κ3) is 6.62. The summed E-state index contributed by atoms with van der Waals surface area (Å²) < 4.78 is 0. The predicted molar refractivity (Wildman–Crippen MR) is 58.7 cm³/mol. The number of carbonyl (C=O) groups is 1. The van der Waals surface area contributed by atoms with E-state index in [1.54, 1.807) is 0 Å². The largest absolute Gasteiger partial charge is 0.351 e. The van der Waals surface area contributed by atoms with Gasteiger partial charge in [-0.25, -0.2) is 0 Å². The van der Waals surface area contributed by atoms with Crippen LogP contribution in [0, 0.1) is 0 Å². The molecule has 0 aliphatic heterocycles. The Morgan fingerprint density at radius 1 is 1.50 bits per heavy atom. The molecule has 0 unspecified atom stereocenters. The van der Waals surface area contributed by atoms with Crippen LogP contribution in [-0.4, -0.2) is 25.0 Å². The van der Waals surface area contributed by atoms with Gasteiger partial charge in [0, 0.05) is 6.54 Å². The van der Waals surface area contributed by atoms with E-state index in [-0.39, 0.29) is 5.91 Å². The van der Waals surface area contributed by atoms with Crippen LogP contribution in [0.25, 0.3) is 0 Å². The number of rotatable bonds is 7. The zero-order valence-electron chi connectivity index (χ0n) is 8.88. The van der Waals surface area contributed by atoms with Crippen LogP contribution in [0.1, 0.15) is 26.2 Å². The highest BCUT2D eigenvalue weighted by atomic mass is 16.2. The molecule has 0 saturated heterocycles. The molecule has 1 atom stereocenters. The Kier molecular flexibility index (Phi) is 7.06. The fourth-order valence-electron chi connectivity index (χ4n) is 1.01. The van der Waals surface area contributed by atoms with Gasteiger partial charge < -0.3 is 16.8 Å². The van der Waals surface area contributed by atoms with E-state index in [1.165, 1.54) is 0 Å². The van der Waals surface area contributed by atoms with E-state index in [4.69, 9.17) is 11.5 Å². The van der Waals surface area contributed by atoms with Gasteiger partial charge in [0.25, 0.3) is 0 Å². The summed E-state index contributed by atoms with van der Waals surface area (Å²) >= 11 is 0. The second-order valence-electron chi connectivity index (χ2n) is 3.57. The van der Waals surface area contributed by atoms with Crippen molar-refractivity contribution in [2.45, 2.75) is 32.2 Å². The van der Waals surface area contributed by atoms with Gasteiger partial charge in [-0.15, -0.1) is 0 Å². The molecule has 0 saturated carbocycles. The van der Waals surface area contributed by atoms with E-state index in [1.807, 2.05) is 6.92 Å². The first-order valence-electron chi connectivity index (χ1n) is 4.95. The third-order valence-electron chi connectivity index (χ3n) is 1.87. The summed E-state index contributed by atoms with van der Waals surface area (Å²) in [7, 11) is 0. The minimum absolute atomic E-state index is 0.106. The molecule has 0 fully saturated rings. The van der Waals surface area contributed by atoms with Crippen LogP contribution in [-0.2, 0) is 4.79 Å². The summed E-state index contributed by atoms with van der Waals surface area (Å²) in [5.41, 5.74) is 11.9. The average Bonchev–Trinajstić information content (AvgIpc) is 2.14. The molecule has 0 aromatic carbocycles. The zero-order valence-corrected chi connectivity index (χ0v) is 8.88. The standard InChI is InChI=1S/C10H21N3O/c1-8(2)7-13-10(14)9(12)5-3-4-6-11/h9H,1,3-7,11-12H2,2H3,(H,13,14)/t9-/m0/s1. The molecule has 14 heavy (non-hydrogen) atoms. The fraction of sp³-hybridized carbons (Fsp3) is 0.700. The molecule has 0 aromatic rings. The molecule has 0 aromatic heterocycles. The number of hydrogen-bond acceptors (Lipinski definition) is 3. The lowest BCUT2D eigenvalue weighted by molar-refractivity contribution is -0.122. The average molecular weight is 199 g/mol. The fourth-order valence-corrected chi connectivity index (χ4v) is 1.01. The molecular weight excluding hydrogens is 178 g/mol. The van der Waals surface area contributed by atoms with Gasteiger partial charge in [-0.2, -0.15) is 0 Å². The van der Waals surface area contributed by atoms with Gasteiger partial charge in [-0.05, 0) is 26.3 Å². The van der Waals surface area contributed by atoms with Crippen LogP contribution >= 0.6 is 0 Å². The van der Waals surface area contributed by atoms with Crippen molar-refractivity contribution >= 4 is 5.91 Å². The van der Waals surface area contributed by atoms with Crippen molar-refractivity contribution in [1.29, 1.82) is 0 Å². The molecule has 82 valence electrons. The van der Waals surface area contributed by atoms with Crippen molar-refractivity contribution in [3.8, 4) is 0 Å². The van der Waals surface area contributed by atoms with E-state index >= 15 is 0 Å². The first-order chi connectivity index (χ1) is 6.57. The summed E-state index contributed by atoms with van der Waals surface area (Å²) in [6.07, 6.45) is 2.51. The smallest absolute Gasteiger partial charge is 0.237 e. The van der Waals surface area contributed by atoms with E-state index in [2.05, 4.69) is 11.9 Å². The highest BCUT2D eigenvalue weighted by Gasteiger charge is 2.11. The molecule has 0 aliphatic carbocycles. The summed E-state index contributed by atoms with van der Waals surface area (Å²) in [4.78, 5) is 11.3. The Balaban J connectivity index is 3.59. The lowest BCUT2D eigenvalue weighted by atomic mass is 10.1. The summed E-state index contributed by atoms with van der Waals surface area (Å²) in [6.45, 7) is 6.71.